The molecule has 0 unspecified atom stereocenters. The van der Waals surface area contributed by atoms with Crippen molar-refractivity contribution in [3.63, 3.8) is 0 Å². The number of hydrogen-bond donors (Lipinski definition) is 1. The maximum absolute atomic E-state index is 12.2. The van der Waals surface area contributed by atoms with Crippen LogP contribution in [0, 0.1) is 11.3 Å². The van der Waals surface area contributed by atoms with Crippen LogP contribution in [0.15, 0.2) is 52.9 Å². The summed E-state index contributed by atoms with van der Waals surface area (Å²) in [6.45, 7) is 2.07. The molecule has 0 spiro atoms. The van der Waals surface area contributed by atoms with Crippen LogP contribution in [0.25, 0.3) is 11.3 Å². The molecule has 31 heavy (non-hydrogen) atoms. The minimum absolute atomic E-state index is 0.0798. The van der Waals surface area contributed by atoms with E-state index in [9.17, 15) is 14.9 Å². The average Bonchev–Trinajstić information content (AvgIpc) is 3.20. The molecule has 0 saturated heterocycles. The van der Waals surface area contributed by atoms with Crippen molar-refractivity contribution < 1.29 is 14.3 Å². The first kappa shape index (κ1) is 22.5. The zero-order valence-electron chi connectivity index (χ0n) is 16.8. The number of carbonyl (C=O) groups is 2. The molecule has 1 N–H and O–H groups in total. The molecule has 2 aromatic heterocycles. The lowest BCUT2D eigenvalue weighted by atomic mass is 10.1. The first-order valence-electron chi connectivity index (χ1n) is 9.58. The summed E-state index contributed by atoms with van der Waals surface area (Å²) in [5.41, 5.74) is 2.79. The number of thioether (sulfide) groups is 1. The third-order valence-corrected chi connectivity index (χ3v) is 5.85. The summed E-state index contributed by atoms with van der Waals surface area (Å²) >= 11 is 2.63. The molecule has 0 saturated carbocycles. The molecule has 0 aliphatic rings. The average molecular weight is 453 g/mol. The van der Waals surface area contributed by atoms with E-state index >= 15 is 0 Å². The van der Waals surface area contributed by atoms with Crippen molar-refractivity contribution in [2.45, 2.75) is 24.8 Å². The largest absolute Gasteiger partial charge is 0.466 e. The van der Waals surface area contributed by atoms with E-state index in [2.05, 4.69) is 21.4 Å². The number of esters is 1. The summed E-state index contributed by atoms with van der Waals surface area (Å²) in [6, 6.07) is 15.4. The predicted molar refractivity (Wildman–Crippen MR) is 121 cm³/mol. The van der Waals surface area contributed by atoms with Crippen LogP contribution in [0.2, 0.25) is 0 Å². The topological polar surface area (TPSA) is 105 Å². The van der Waals surface area contributed by atoms with Crippen LogP contribution in [0.4, 0.5) is 5.13 Å². The van der Waals surface area contributed by atoms with E-state index in [-0.39, 0.29) is 24.7 Å². The first-order valence-corrected chi connectivity index (χ1v) is 11.4. The second-order valence-electron chi connectivity index (χ2n) is 6.30. The van der Waals surface area contributed by atoms with Gasteiger partial charge >= 0.3 is 5.97 Å². The highest BCUT2D eigenvalue weighted by molar-refractivity contribution is 7.99. The van der Waals surface area contributed by atoms with Crippen molar-refractivity contribution >= 4 is 40.1 Å². The first-order chi connectivity index (χ1) is 15.1. The summed E-state index contributed by atoms with van der Waals surface area (Å²) in [4.78, 5) is 32.6. The van der Waals surface area contributed by atoms with Crippen LogP contribution in [-0.4, -0.2) is 34.2 Å². The number of amides is 1. The lowest BCUT2D eigenvalue weighted by Crippen LogP contribution is -2.12. The van der Waals surface area contributed by atoms with Crippen molar-refractivity contribution in [2.75, 3.05) is 17.7 Å². The summed E-state index contributed by atoms with van der Waals surface area (Å²) in [5, 5.41) is 14.9. The van der Waals surface area contributed by atoms with Crippen molar-refractivity contribution in [3.8, 4) is 17.3 Å². The highest BCUT2D eigenvalue weighted by Crippen LogP contribution is 2.26. The molecule has 0 aliphatic heterocycles. The van der Waals surface area contributed by atoms with Gasteiger partial charge < -0.3 is 10.1 Å². The Kier molecular flexibility index (Phi) is 8.15. The van der Waals surface area contributed by atoms with Gasteiger partial charge in [0.25, 0.3) is 0 Å². The Morgan fingerprint density at radius 3 is 2.74 bits per heavy atom. The Morgan fingerprint density at radius 2 is 2.00 bits per heavy atom. The monoisotopic (exact) mass is 452 g/mol. The predicted octanol–water partition coefficient (Wildman–Crippen LogP) is 4.30. The molecule has 2 heterocycles. The molecule has 7 nitrogen and oxygen atoms in total. The molecular weight excluding hydrogens is 432 g/mol. The number of hydrogen-bond acceptors (Lipinski definition) is 8. The number of nitrogens with zero attached hydrogens (tertiary/aromatic N) is 3. The zero-order chi connectivity index (χ0) is 22.1. The van der Waals surface area contributed by atoms with Crippen molar-refractivity contribution in [1.82, 2.24) is 9.97 Å². The Hall–Kier alpha value is -3.22. The number of benzene rings is 1. The van der Waals surface area contributed by atoms with Crippen molar-refractivity contribution in [3.05, 3.63) is 59.1 Å². The Bertz CT molecular complexity index is 1090. The normalized spacial score (nSPS) is 10.3. The molecule has 0 fully saturated rings. The zero-order valence-corrected chi connectivity index (χ0v) is 18.5. The minimum atomic E-state index is -0.347. The molecule has 0 radical (unpaired) electrons. The van der Waals surface area contributed by atoms with Crippen LogP contribution >= 0.6 is 23.1 Å². The fourth-order valence-electron chi connectivity index (χ4n) is 2.63. The van der Waals surface area contributed by atoms with Gasteiger partial charge in [0.05, 0.1) is 30.0 Å². The maximum atomic E-state index is 12.2. The van der Waals surface area contributed by atoms with E-state index < -0.39 is 0 Å². The molecule has 3 rings (SSSR count). The van der Waals surface area contributed by atoms with E-state index in [1.54, 1.807) is 18.4 Å². The highest BCUT2D eigenvalue weighted by atomic mass is 32.2. The second kappa shape index (κ2) is 11.2. The van der Waals surface area contributed by atoms with Gasteiger partial charge in [0.1, 0.15) is 11.1 Å². The standard InChI is InChI=1S/C22H20N4O3S2/c1-2-29-20(28)12-17-14-31-22(24-17)26-19(27)10-11-30-21-16(13-23)8-9-18(25-21)15-6-4-3-5-7-15/h3-9,14H,2,10-12H2,1H3,(H,24,26,27). The van der Waals surface area contributed by atoms with Gasteiger partial charge in [-0.15, -0.1) is 23.1 Å². The van der Waals surface area contributed by atoms with Gasteiger partial charge in [-0.25, -0.2) is 9.97 Å². The van der Waals surface area contributed by atoms with Gasteiger partial charge in [0, 0.05) is 23.1 Å². The molecule has 9 heteroatoms. The molecule has 0 aliphatic carbocycles. The number of thiazole rings is 1. The van der Waals surface area contributed by atoms with E-state index in [4.69, 9.17) is 4.74 Å². The van der Waals surface area contributed by atoms with Gasteiger partial charge in [-0.05, 0) is 19.1 Å². The highest BCUT2D eigenvalue weighted by Gasteiger charge is 2.12. The van der Waals surface area contributed by atoms with Gasteiger partial charge in [0.2, 0.25) is 5.91 Å². The Labute approximate surface area is 188 Å². The van der Waals surface area contributed by atoms with E-state index in [1.165, 1.54) is 23.1 Å². The third-order valence-electron chi connectivity index (χ3n) is 4.05. The quantitative estimate of drug-likeness (QED) is 0.381. The molecule has 3 aromatic rings. The number of pyridine rings is 1. The molecule has 1 amide bonds. The van der Waals surface area contributed by atoms with Gasteiger partial charge in [-0.1, -0.05) is 30.3 Å². The van der Waals surface area contributed by atoms with Crippen LogP contribution in [0.5, 0.6) is 0 Å². The minimum Gasteiger partial charge on any atom is -0.466 e. The molecule has 0 atom stereocenters. The molecule has 0 bridgehead atoms. The summed E-state index contributed by atoms with van der Waals surface area (Å²) in [6.07, 6.45) is 0.315. The number of ether oxygens (including phenoxy) is 1. The lowest BCUT2D eigenvalue weighted by molar-refractivity contribution is -0.142. The number of carbonyl (C=O) groups excluding carboxylic acids is 2. The number of nitrogens with one attached hydrogen (secondary N) is 1. The van der Waals surface area contributed by atoms with Gasteiger partial charge in [-0.3, -0.25) is 9.59 Å². The van der Waals surface area contributed by atoms with E-state index in [0.717, 1.165) is 11.3 Å². The smallest absolute Gasteiger partial charge is 0.311 e. The fraction of sp³-hybridized carbons (Fsp3) is 0.227. The van der Waals surface area contributed by atoms with Crippen LogP contribution < -0.4 is 5.32 Å². The third kappa shape index (κ3) is 6.64. The SMILES string of the molecule is CCOC(=O)Cc1csc(NC(=O)CCSc2nc(-c3ccccc3)ccc2C#N)n1. The Morgan fingerprint density at radius 1 is 1.19 bits per heavy atom. The summed E-state index contributed by atoms with van der Waals surface area (Å²) < 4.78 is 4.89. The molecular formula is C22H20N4O3S2. The van der Waals surface area contributed by atoms with Crippen LogP contribution in [0.1, 0.15) is 24.6 Å². The van der Waals surface area contributed by atoms with Crippen molar-refractivity contribution in [2.24, 2.45) is 0 Å². The summed E-state index contributed by atoms with van der Waals surface area (Å²) in [5.74, 6) is -0.0739. The number of anilines is 1. The maximum Gasteiger partial charge on any atom is 0.311 e. The van der Waals surface area contributed by atoms with Crippen molar-refractivity contribution in [1.29, 1.82) is 5.26 Å². The van der Waals surface area contributed by atoms with E-state index in [1.807, 2.05) is 36.4 Å². The molecule has 1 aromatic carbocycles. The number of nitriles is 1. The van der Waals surface area contributed by atoms with Gasteiger partial charge in [0.15, 0.2) is 5.13 Å². The number of aromatic nitrogens is 2. The van der Waals surface area contributed by atoms with Crippen LogP contribution in [-0.2, 0) is 20.7 Å². The van der Waals surface area contributed by atoms with Gasteiger partial charge in [-0.2, -0.15) is 5.26 Å². The lowest BCUT2D eigenvalue weighted by Gasteiger charge is -2.07. The summed E-state index contributed by atoms with van der Waals surface area (Å²) in [7, 11) is 0. The second-order valence-corrected chi connectivity index (χ2v) is 8.24. The number of rotatable bonds is 9. The van der Waals surface area contributed by atoms with E-state index in [0.29, 0.717) is 33.8 Å². The molecule has 158 valence electrons. The fourth-order valence-corrected chi connectivity index (χ4v) is 4.27. The van der Waals surface area contributed by atoms with Crippen LogP contribution in [0.3, 0.4) is 0 Å². The Balaban J connectivity index is 1.54.